The first-order chi connectivity index (χ1) is 17.0. The summed E-state index contributed by atoms with van der Waals surface area (Å²) in [6.07, 6.45) is 1.41. The van der Waals surface area contributed by atoms with Crippen LogP contribution in [0.5, 0.6) is 0 Å². The summed E-state index contributed by atoms with van der Waals surface area (Å²) < 4.78 is 27.0. The number of nitrogens with zero attached hydrogens (tertiary/aromatic N) is 2. The number of carbonyl (C=O) groups is 1. The first-order valence-electron chi connectivity index (χ1n) is 10.7. The first kappa shape index (κ1) is 26.9. The van der Waals surface area contributed by atoms with Crippen molar-refractivity contribution in [2.24, 2.45) is 11.1 Å². The molecule has 2 aromatic heterocycles. The van der Waals surface area contributed by atoms with Gasteiger partial charge in [0.25, 0.3) is 0 Å². The molecule has 1 fully saturated rings. The van der Waals surface area contributed by atoms with Crippen molar-refractivity contribution in [2.75, 3.05) is 11.9 Å². The second kappa shape index (κ2) is 11.1. The van der Waals surface area contributed by atoms with Crippen molar-refractivity contribution in [3.8, 4) is 0 Å². The van der Waals surface area contributed by atoms with Gasteiger partial charge in [-0.25, -0.2) is 15.1 Å². The van der Waals surface area contributed by atoms with E-state index in [4.69, 9.17) is 28.3 Å². The number of rotatable bonds is 9. The SMILES string of the molecule is NS(=O)(=O)OC[C@H]1C[C@@H](Nc2ncncc2C(=O)c2cc([C@@H](O)c3cccc(Cl)c3)c(Cl)s2)C[C@@H]1O. The summed E-state index contributed by atoms with van der Waals surface area (Å²) in [6.45, 7) is -0.251. The maximum atomic E-state index is 13.3. The predicted octanol–water partition coefficient (Wildman–Crippen LogP) is 2.93. The number of ketones is 1. The average molecular weight is 573 g/mol. The molecule has 5 N–H and O–H groups in total. The zero-order chi connectivity index (χ0) is 26.0. The van der Waals surface area contributed by atoms with Gasteiger partial charge in [-0.2, -0.15) is 8.42 Å². The molecule has 0 bridgehead atoms. The van der Waals surface area contributed by atoms with Crippen LogP contribution in [0.4, 0.5) is 5.82 Å². The lowest BCUT2D eigenvalue weighted by Crippen LogP contribution is -2.24. The maximum Gasteiger partial charge on any atom is 0.333 e. The summed E-state index contributed by atoms with van der Waals surface area (Å²) in [7, 11) is -4.12. The minimum atomic E-state index is -4.12. The molecule has 4 rings (SSSR count). The normalized spacial score (nSPS) is 20.9. The Bertz CT molecular complexity index is 1370. The quantitative estimate of drug-likeness (QED) is 0.282. The van der Waals surface area contributed by atoms with E-state index in [-0.39, 0.29) is 39.7 Å². The second-order valence-electron chi connectivity index (χ2n) is 8.33. The molecule has 0 radical (unpaired) electrons. The van der Waals surface area contributed by atoms with Crippen LogP contribution in [0.3, 0.4) is 0 Å². The Labute approximate surface area is 221 Å². The number of anilines is 1. The maximum absolute atomic E-state index is 13.3. The van der Waals surface area contributed by atoms with Gasteiger partial charge < -0.3 is 15.5 Å². The number of hydrogen-bond donors (Lipinski definition) is 4. The van der Waals surface area contributed by atoms with E-state index in [2.05, 4.69) is 19.5 Å². The molecule has 192 valence electrons. The number of thiophene rings is 1. The molecule has 1 aromatic carbocycles. The van der Waals surface area contributed by atoms with Crippen LogP contribution in [0, 0.1) is 5.92 Å². The number of nitrogens with one attached hydrogen (secondary N) is 1. The molecule has 14 heteroatoms. The van der Waals surface area contributed by atoms with Crippen molar-refractivity contribution in [3.05, 3.63) is 73.8 Å². The van der Waals surface area contributed by atoms with Crippen molar-refractivity contribution >= 4 is 56.4 Å². The zero-order valence-electron chi connectivity index (χ0n) is 18.5. The fraction of sp³-hybridized carbons (Fsp3) is 0.318. The molecule has 1 aliphatic carbocycles. The van der Waals surface area contributed by atoms with E-state index in [9.17, 15) is 23.4 Å². The number of carbonyl (C=O) groups excluding carboxylic acids is 1. The van der Waals surface area contributed by atoms with E-state index in [1.54, 1.807) is 24.3 Å². The van der Waals surface area contributed by atoms with Crippen LogP contribution in [0.25, 0.3) is 0 Å². The largest absolute Gasteiger partial charge is 0.393 e. The lowest BCUT2D eigenvalue weighted by atomic mass is 10.0. The Balaban J connectivity index is 1.51. The Hall–Kier alpha value is -2.16. The highest BCUT2D eigenvalue weighted by molar-refractivity contribution is 7.84. The summed E-state index contributed by atoms with van der Waals surface area (Å²) in [5.41, 5.74) is 1.08. The molecule has 4 atom stereocenters. The van der Waals surface area contributed by atoms with Gasteiger partial charge in [0.05, 0.1) is 27.5 Å². The molecular weight excluding hydrogens is 551 g/mol. The van der Waals surface area contributed by atoms with Crippen LogP contribution >= 0.6 is 34.5 Å². The van der Waals surface area contributed by atoms with Gasteiger partial charge in [0.15, 0.2) is 0 Å². The van der Waals surface area contributed by atoms with Gasteiger partial charge in [-0.3, -0.25) is 8.98 Å². The molecule has 3 aromatic rings. The molecular formula is C22H22Cl2N4O6S2. The first-order valence-corrected chi connectivity index (χ1v) is 13.8. The Morgan fingerprint density at radius 1 is 1.31 bits per heavy atom. The molecule has 36 heavy (non-hydrogen) atoms. The van der Waals surface area contributed by atoms with Crippen molar-refractivity contribution in [1.82, 2.24) is 9.97 Å². The van der Waals surface area contributed by atoms with Crippen LogP contribution in [0.15, 0.2) is 42.9 Å². The average Bonchev–Trinajstić information content (AvgIpc) is 3.38. The number of benzene rings is 1. The third kappa shape index (κ3) is 6.39. The standard InChI is InChI=1S/C22H22Cl2N4O6S2/c23-13-3-1-2-11(4-13)19(30)15-7-18(35-21(15)24)20(31)16-8-26-10-27-22(16)28-14-5-12(17(29)6-14)9-34-36(25,32)33/h1-4,7-8,10,12,14,17,19,29-30H,5-6,9H2,(H2,25,32,33)(H,26,27,28)/t12-,14-,17+,19+/m1/s1. The summed E-state index contributed by atoms with van der Waals surface area (Å²) in [5, 5.41) is 29.5. The van der Waals surface area contributed by atoms with E-state index in [0.717, 1.165) is 11.3 Å². The van der Waals surface area contributed by atoms with E-state index >= 15 is 0 Å². The van der Waals surface area contributed by atoms with Gasteiger partial charge >= 0.3 is 10.3 Å². The van der Waals surface area contributed by atoms with Crippen LogP contribution in [-0.2, 0) is 14.5 Å². The zero-order valence-corrected chi connectivity index (χ0v) is 21.7. The summed E-state index contributed by atoms with van der Waals surface area (Å²) in [5.74, 6) is -0.614. The van der Waals surface area contributed by atoms with Crippen LogP contribution in [0.1, 0.15) is 45.3 Å². The Morgan fingerprint density at radius 2 is 2.08 bits per heavy atom. The number of hydrogen-bond acceptors (Lipinski definition) is 10. The minimum Gasteiger partial charge on any atom is -0.393 e. The molecule has 0 unspecified atom stereocenters. The molecule has 0 spiro atoms. The van der Waals surface area contributed by atoms with Gasteiger partial charge in [-0.05, 0) is 36.6 Å². The van der Waals surface area contributed by atoms with Crippen molar-refractivity contribution in [2.45, 2.75) is 31.1 Å². The molecule has 0 saturated heterocycles. The van der Waals surface area contributed by atoms with Crippen molar-refractivity contribution in [3.63, 3.8) is 0 Å². The highest BCUT2D eigenvalue weighted by Gasteiger charge is 2.35. The number of aromatic nitrogens is 2. The number of aliphatic hydroxyl groups excluding tert-OH is 2. The number of nitrogens with two attached hydrogens (primary N) is 1. The highest BCUT2D eigenvalue weighted by atomic mass is 35.5. The van der Waals surface area contributed by atoms with Crippen LogP contribution in [0.2, 0.25) is 9.36 Å². The molecule has 1 saturated carbocycles. The molecule has 0 aliphatic heterocycles. The minimum absolute atomic E-state index is 0.179. The van der Waals surface area contributed by atoms with Crippen molar-refractivity contribution in [1.29, 1.82) is 0 Å². The summed E-state index contributed by atoms with van der Waals surface area (Å²) >= 11 is 13.4. The number of halogens is 2. The third-order valence-electron chi connectivity index (χ3n) is 5.80. The summed E-state index contributed by atoms with van der Waals surface area (Å²) in [6, 6.07) is 7.94. The summed E-state index contributed by atoms with van der Waals surface area (Å²) in [4.78, 5) is 21.8. The fourth-order valence-corrected chi connectivity index (χ4v) is 5.90. The Kier molecular flexibility index (Phi) is 8.27. The van der Waals surface area contributed by atoms with Gasteiger partial charge in [0.2, 0.25) is 5.78 Å². The van der Waals surface area contributed by atoms with Crippen LogP contribution < -0.4 is 10.5 Å². The topological polar surface area (TPSA) is 165 Å². The molecule has 10 nitrogen and oxygen atoms in total. The lowest BCUT2D eigenvalue weighted by molar-refractivity contribution is 0.101. The van der Waals surface area contributed by atoms with E-state index < -0.39 is 34.2 Å². The number of aliphatic hydroxyl groups is 2. The van der Waals surface area contributed by atoms with E-state index in [1.165, 1.54) is 18.6 Å². The second-order valence-corrected chi connectivity index (χ2v) is 11.6. The molecule has 0 amide bonds. The lowest BCUT2D eigenvalue weighted by Gasteiger charge is -2.15. The van der Waals surface area contributed by atoms with E-state index in [0.29, 0.717) is 22.6 Å². The van der Waals surface area contributed by atoms with Gasteiger partial charge in [0.1, 0.15) is 18.2 Å². The Morgan fingerprint density at radius 3 is 2.81 bits per heavy atom. The molecule has 1 aliphatic rings. The smallest absolute Gasteiger partial charge is 0.333 e. The van der Waals surface area contributed by atoms with E-state index in [1.807, 2.05) is 0 Å². The fourth-order valence-electron chi connectivity index (χ4n) is 4.06. The van der Waals surface area contributed by atoms with Gasteiger partial charge in [-0.1, -0.05) is 35.3 Å². The predicted molar refractivity (Wildman–Crippen MR) is 136 cm³/mol. The van der Waals surface area contributed by atoms with Gasteiger partial charge in [-0.15, -0.1) is 11.3 Å². The van der Waals surface area contributed by atoms with Crippen molar-refractivity contribution < 1.29 is 27.6 Å². The molecule has 2 heterocycles. The monoisotopic (exact) mass is 572 g/mol. The van der Waals surface area contributed by atoms with Gasteiger partial charge in [0, 0.05) is 28.7 Å². The highest BCUT2D eigenvalue weighted by Crippen LogP contribution is 2.37. The third-order valence-corrected chi connectivity index (χ3v) is 7.88. The van der Waals surface area contributed by atoms with Crippen LogP contribution in [-0.4, -0.2) is 53.1 Å².